The zero-order valence-corrected chi connectivity index (χ0v) is 10.2. The second kappa shape index (κ2) is 4.61. The Balaban J connectivity index is 2.55. The maximum Gasteiger partial charge on any atom is 0.416 e. The first-order valence-electron chi connectivity index (χ1n) is 5.18. The molecule has 0 amide bonds. The van der Waals surface area contributed by atoms with E-state index in [0.29, 0.717) is 11.1 Å². The van der Waals surface area contributed by atoms with Gasteiger partial charge in [-0.25, -0.2) is 4.98 Å². The molecule has 1 heterocycles. The van der Waals surface area contributed by atoms with Crippen LogP contribution in [0.4, 0.5) is 13.2 Å². The normalized spacial score (nSPS) is 11.6. The summed E-state index contributed by atoms with van der Waals surface area (Å²) < 4.78 is 37.8. The number of alkyl halides is 3. The molecular formula is C13H9ClF3N. The van der Waals surface area contributed by atoms with Gasteiger partial charge in [-0.3, -0.25) is 0 Å². The molecule has 2 rings (SSSR count). The summed E-state index contributed by atoms with van der Waals surface area (Å²) in [5.74, 6) is 0. The average Bonchev–Trinajstić information content (AvgIpc) is 2.31. The molecule has 18 heavy (non-hydrogen) atoms. The molecule has 0 bridgehead atoms. The molecule has 1 aromatic heterocycles. The number of benzene rings is 1. The van der Waals surface area contributed by atoms with E-state index in [1.807, 2.05) is 0 Å². The van der Waals surface area contributed by atoms with Crippen LogP contribution in [0.5, 0.6) is 0 Å². The molecule has 0 spiro atoms. The Kier molecular flexibility index (Phi) is 3.30. The van der Waals surface area contributed by atoms with E-state index in [-0.39, 0.29) is 5.15 Å². The van der Waals surface area contributed by atoms with Crippen molar-refractivity contribution in [1.82, 2.24) is 4.98 Å². The first kappa shape index (κ1) is 12.9. The molecule has 0 atom stereocenters. The van der Waals surface area contributed by atoms with Crippen LogP contribution in [0, 0.1) is 6.92 Å². The quantitative estimate of drug-likeness (QED) is 0.683. The van der Waals surface area contributed by atoms with Gasteiger partial charge in [-0.15, -0.1) is 0 Å². The molecule has 1 aromatic carbocycles. The molecule has 0 fully saturated rings. The summed E-state index contributed by atoms with van der Waals surface area (Å²) in [7, 11) is 0. The standard InChI is InChI=1S/C13H9ClF3N/c1-8-5-11(12(14)18-7-8)9-3-2-4-10(6-9)13(15,16)17/h2-7H,1H3. The SMILES string of the molecule is Cc1cnc(Cl)c(-c2cccc(C(F)(F)F)c2)c1. The zero-order valence-electron chi connectivity index (χ0n) is 9.42. The molecule has 0 saturated carbocycles. The number of hydrogen-bond donors (Lipinski definition) is 0. The van der Waals surface area contributed by atoms with Gasteiger partial charge in [-0.05, 0) is 36.2 Å². The van der Waals surface area contributed by atoms with E-state index >= 15 is 0 Å². The third-order valence-electron chi connectivity index (χ3n) is 2.48. The second-order valence-corrected chi connectivity index (χ2v) is 4.29. The number of rotatable bonds is 1. The van der Waals surface area contributed by atoms with Crippen molar-refractivity contribution in [2.75, 3.05) is 0 Å². The van der Waals surface area contributed by atoms with Crippen LogP contribution in [-0.2, 0) is 6.18 Å². The van der Waals surface area contributed by atoms with Crippen LogP contribution in [0.1, 0.15) is 11.1 Å². The van der Waals surface area contributed by atoms with Gasteiger partial charge in [0, 0.05) is 11.8 Å². The van der Waals surface area contributed by atoms with E-state index in [0.717, 1.165) is 17.7 Å². The van der Waals surface area contributed by atoms with Gasteiger partial charge in [0.1, 0.15) is 5.15 Å². The Morgan fingerprint density at radius 3 is 2.56 bits per heavy atom. The Hall–Kier alpha value is -1.55. The van der Waals surface area contributed by atoms with Crippen LogP contribution in [0.15, 0.2) is 36.5 Å². The average molecular weight is 272 g/mol. The van der Waals surface area contributed by atoms with E-state index in [9.17, 15) is 13.2 Å². The van der Waals surface area contributed by atoms with Crippen molar-refractivity contribution in [3.05, 3.63) is 52.8 Å². The Morgan fingerprint density at radius 2 is 1.89 bits per heavy atom. The maximum absolute atomic E-state index is 12.6. The van der Waals surface area contributed by atoms with Crippen molar-refractivity contribution in [3.8, 4) is 11.1 Å². The topological polar surface area (TPSA) is 12.9 Å². The van der Waals surface area contributed by atoms with Crippen molar-refractivity contribution < 1.29 is 13.2 Å². The van der Waals surface area contributed by atoms with Crippen LogP contribution in [0.3, 0.4) is 0 Å². The van der Waals surface area contributed by atoms with Gasteiger partial charge in [-0.1, -0.05) is 23.7 Å². The van der Waals surface area contributed by atoms with Gasteiger partial charge < -0.3 is 0 Å². The molecule has 0 saturated heterocycles. The van der Waals surface area contributed by atoms with E-state index in [1.165, 1.54) is 6.07 Å². The lowest BCUT2D eigenvalue weighted by Gasteiger charge is -2.10. The number of aromatic nitrogens is 1. The third kappa shape index (κ3) is 2.64. The lowest BCUT2D eigenvalue weighted by molar-refractivity contribution is -0.137. The smallest absolute Gasteiger partial charge is 0.244 e. The Labute approximate surface area is 107 Å². The highest BCUT2D eigenvalue weighted by Gasteiger charge is 2.30. The predicted octanol–water partition coefficient (Wildman–Crippen LogP) is 4.73. The maximum atomic E-state index is 12.6. The highest BCUT2D eigenvalue weighted by Crippen LogP contribution is 2.33. The van der Waals surface area contributed by atoms with E-state index in [2.05, 4.69) is 4.98 Å². The monoisotopic (exact) mass is 271 g/mol. The predicted molar refractivity (Wildman–Crippen MR) is 64.4 cm³/mol. The summed E-state index contributed by atoms with van der Waals surface area (Å²) in [5.41, 5.74) is 1.05. The molecule has 0 aliphatic heterocycles. The number of pyridine rings is 1. The van der Waals surface area contributed by atoms with Gasteiger partial charge >= 0.3 is 6.18 Å². The minimum atomic E-state index is -4.36. The first-order valence-corrected chi connectivity index (χ1v) is 5.55. The van der Waals surface area contributed by atoms with Crippen LogP contribution in [0.25, 0.3) is 11.1 Å². The number of hydrogen-bond acceptors (Lipinski definition) is 1. The van der Waals surface area contributed by atoms with Crippen molar-refractivity contribution in [2.45, 2.75) is 13.1 Å². The summed E-state index contributed by atoms with van der Waals surface area (Å²) in [5, 5.41) is 0.194. The van der Waals surface area contributed by atoms with Crippen molar-refractivity contribution in [2.24, 2.45) is 0 Å². The van der Waals surface area contributed by atoms with Crippen LogP contribution < -0.4 is 0 Å². The molecule has 5 heteroatoms. The lowest BCUT2D eigenvalue weighted by Crippen LogP contribution is -2.04. The molecule has 0 radical (unpaired) electrons. The Bertz CT molecular complexity index is 579. The lowest BCUT2D eigenvalue weighted by atomic mass is 10.0. The van der Waals surface area contributed by atoms with Gasteiger partial charge in [0.25, 0.3) is 0 Å². The fourth-order valence-corrected chi connectivity index (χ4v) is 1.83. The van der Waals surface area contributed by atoms with Crippen molar-refractivity contribution in [1.29, 1.82) is 0 Å². The van der Waals surface area contributed by atoms with Gasteiger partial charge in [-0.2, -0.15) is 13.2 Å². The minimum Gasteiger partial charge on any atom is -0.244 e. The molecule has 0 N–H and O–H groups in total. The largest absolute Gasteiger partial charge is 0.416 e. The van der Waals surface area contributed by atoms with Gasteiger partial charge in [0.2, 0.25) is 0 Å². The second-order valence-electron chi connectivity index (χ2n) is 3.93. The summed E-state index contributed by atoms with van der Waals surface area (Å²) >= 11 is 5.90. The minimum absolute atomic E-state index is 0.194. The number of nitrogens with zero attached hydrogens (tertiary/aromatic N) is 1. The summed E-state index contributed by atoms with van der Waals surface area (Å²) in [4.78, 5) is 3.93. The third-order valence-corrected chi connectivity index (χ3v) is 2.78. The van der Waals surface area contributed by atoms with E-state index < -0.39 is 11.7 Å². The van der Waals surface area contributed by atoms with E-state index in [4.69, 9.17) is 11.6 Å². The first-order chi connectivity index (χ1) is 8.38. The van der Waals surface area contributed by atoms with E-state index in [1.54, 1.807) is 25.3 Å². The summed E-state index contributed by atoms with van der Waals surface area (Å²) in [6.45, 7) is 1.81. The van der Waals surface area contributed by atoms with Crippen LogP contribution >= 0.6 is 11.6 Å². The molecule has 0 unspecified atom stereocenters. The van der Waals surface area contributed by atoms with Crippen molar-refractivity contribution in [3.63, 3.8) is 0 Å². The highest BCUT2D eigenvalue weighted by molar-refractivity contribution is 6.32. The zero-order chi connectivity index (χ0) is 13.3. The molecule has 1 nitrogen and oxygen atoms in total. The number of halogens is 4. The summed E-state index contributed by atoms with van der Waals surface area (Å²) in [6, 6.07) is 6.75. The fourth-order valence-electron chi connectivity index (χ4n) is 1.62. The molecule has 94 valence electrons. The molecular weight excluding hydrogens is 263 g/mol. The van der Waals surface area contributed by atoms with Gasteiger partial charge in [0.05, 0.1) is 5.56 Å². The number of aryl methyl sites for hydroxylation is 1. The molecule has 0 aliphatic rings. The fraction of sp³-hybridized carbons (Fsp3) is 0.154. The van der Waals surface area contributed by atoms with Gasteiger partial charge in [0.15, 0.2) is 0 Å². The van der Waals surface area contributed by atoms with Crippen LogP contribution in [0.2, 0.25) is 5.15 Å². The van der Waals surface area contributed by atoms with Crippen LogP contribution in [-0.4, -0.2) is 4.98 Å². The Morgan fingerprint density at radius 1 is 1.17 bits per heavy atom. The molecule has 2 aromatic rings. The highest BCUT2D eigenvalue weighted by atomic mass is 35.5. The molecule has 0 aliphatic carbocycles. The summed E-state index contributed by atoms with van der Waals surface area (Å²) in [6.07, 6.45) is -2.79. The van der Waals surface area contributed by atoms with Crippen molar-refractivity contribution >= 4 is 11.6 Å².